The van der Waals surface area contributed by atoms with Crippen molar-refractivity contribution in [1.29, 1.82) is 0 Å². The smallest absolute Gasteiger partial charge is 0.338 e. The SMILES string of the molecule is CCCc1ccc(/C(=C\C2c3ccccc3C(=O)N2Cc2ccccc2)C(=O)OC)cc1. The molecule has 0 spiro atoms. The Morgan fingerprint density at radius 3 is 2.31 bits per heavy atom. The van der Waals surface area contributed by atoms with Crippen LogP contribution < -0.4 is 0 Å². The lowest BCUT2D eigenvalue weighted by atomic mass is 9.97. The predicted molar refractivity (Wildman–Crippen MR) is 126 cm³/mol. The summed E-state index contributed by atoms with van der Waals surface area (Å²) in [6.07, 6.45) is 3.93. The third-order valence-electron chi connectivity index (χ3n) is 5.84. The van der Waals surface area contributed by atoms with Crippen molar-refractivity contribution in [2.75, 3.05) is 7.11 Å². The largest absolute Gasteiger partial charge is 0.465 e. The molecule has 0 aliphatic carbocycles. The first-order valence-corrected chi connectivity index (χ1v) is 11.0. The topological polar surface area (TPSA) is 46.6 Å². The molecule has 3 aromatic carbocycles. The van der Waals surface area contributed by atoms with Crippen LogP contribution in [0, 0.1) is 0 Å². The number of ether oxygens (including phenoxy) is 1. The van der Waals surface area contributed by atoms with Crippen LogP contribution in [0.5, 0.6) is 0 Å². The van der Waals surface area contributed by atoms with Crippen molar-refractivity contribution in [2.24, 2.45) is 0 Å². The monoisotopic (exact) mass is 425 g/mol. The molecule has 0 aromatic heterocycles. The van der Waals surface area contributed by atoms with Crippen LogP contribution in [0.25, 0.3) is 5.57 Å². The second-order valence-corrected chi connectivity index (χ2v) is 7.97. The molecule has 0 N–H and O–H groups in total. The molecular weight excluding hydrogens is 398 g/mol. The Kier molecular flexibility index (Phi) is 6.50. The van der Waals surface area contributed by atoms with Crippen LogP contribution in [0.4, 0.5) is 0 Å². The number of methoxy groups -OCH3 is 1. The molecule has 1 aliphatic rings. The lowest BCUT2D eigenvalue weighted by Crippen LogP contribution is -2.27. The molecule has 4 heteroatoms. The lowest BCUT2D eigenvalue weighted by molar-refractivity contribution is -0.133. The van der Waals surface area contributed by atoms with Crippen LogP contribution in [0.3, 0.4) is 0 Å². The zero-order chi connectivity index (χ0) is 22.5. The highest BCUT2D eigenvalue weighted by atomic mass is 16.5. The summed E-state index contributed by atoms with van der Waals surface area (Å²) < 4.78 is 5.11. The molecule has 3 aromatic rings. The first-order valence-electron chi connectivity index (χ1n) is 11.0. The lowest BCUT2D eigenvalue weighted by Gasteiger charge is -2.24. The molecule has 0 radical (unpaired) electrons. The minimum absolute atomic E-state index is 0.0341. The maximum absolute atomic E-state index is 13.3. The van der Waals surface area contributed by atoms with Crippen LogP contribution in [0.1, 0.15) is 52.0 Å². The van der Waals surface area contributed by atoms with E-state index >= 15 is 0 Å². The van der Waals surface area contributed by atoms with Crippen molar-refractivity contribution in [2.45, 2.75) is 32.4 Å². The highest BCUT2D eigenvalue weighted by Gasteiger charge is 2.36. The number of benzene rings is 3. The molecule has 0 fully saturated rings. The number of amides is 1. The molecule has 32 heavy (non-hydrogen) atoms. The number of hydrogen-bond acceptors (Lipinski definition) is 3. The molecule has 1 atom stereocenters. The molecule has 1 unspecified atom stereocenters. The van der Waals surface area contributed by atoms with Crippen LogP contribution in [0.2, 0.25) is 0 Å². The van der Waals surface area contributed by atoms with E-state index in [1.165, 1.54) is 12.7 Å². The van der Waals surface area contributed by atoms with E-state index in [0.29, 0.717) is 17.7 Å². The first-order chi connectivity index (χ1) is 15.6. The first kappa shape index (κ1) is 21.6. The van der Waals surface area contributed by atoms with Crippen LogP contribution in [0.15, 0.2) is 84.9 Å². The quantitative estimate of drug-likeness (QED) is 0.366. The van der Waals surface area contributed by atoms with E-state index in [-0.39, 0.29) is 11.9 Å². The average molecular weight is 426 g/mol. The summed E-state index contributed by atoms with van der Waals surface area (Å²) in [5, 5.41) is 0. The highest BCUT2D eigenvalue weighted by molar-refractivity contribution is 6.16. The normalized spacial score (nSPS) is 15.6. The molecule has 4 nitrogen and oxygen atoms in total. The van der Waals surface area contributed by atoms with E-state index in [2.05, 4.69) is 6.92 Å². The number of hydrogen-bond donors (Lipinski definition) is 0. The van der Waals surface area contributed by atoms with Gasteiger partial charge in [-0.15, -0.1) is 0 Å². The van der Waals surface area contributed by atoms with Gasteiger partial charge in [0.2, 0.25) is 0 Å². The van der Waals surface area contributed by atoms with Crippen LogP contribution in [-0.4, -0.2) is 23.9 Å². The van der Waals surface area contributed by atoms with Crippen LogP contribution in [-0.2, 0) is 22.5 Å². The number of aryl methyl sites for hydroxylation is 1. The van der Waals surface area contributed by atoms with E-state index in [4.69, 9.17) is 4.74 Å². The van der Waals surface area contributed by atoms with E-state index in [9.17, 15) is 9.59 Å². The number of rotatable bonds is 7. The summed E-state index contributed by atoms with van der Waals surface area (Å²) in [7, 11) is 1.39. The van der Waals surface area contributed by atoms with Crippen molar-refractivity contribution >= 4 is 17.4 Å². The molecule has 4 rings (SSSR count). The fourth-order valence-corrected chi connectivity index (χ4v) is 4.22. The Morgan fingerprint density at radius 2 is 1.62 bits per heavy atom. The van der Waals surface area contributed by atoms with Gasteiger partial charge in [-0.05, 0) is 40.8 Å². The predicted octanol–water partition coefficient (Wildman–Crippen LogP) is 5.59. The number of nitrogens with zero attached hydrogens (tertiary/aromatic N) is 1. The highest BCUT2D eigenvalue weighted by Crippen LogP contribution is 2.37. The van der Waals surface area contributed by atoms with Gasteiger partial charge in [-0.25, -0.2) is 4.79 Å². The van der Waals surface area contributed by atoms with E-state index < -0.39 is 5.97 Å². The van der Waals surface area contributed by atoms with Crippen molar-refractivity contribution < 1.29 is 14.3 Å². The van der Waals surface area contributed by atoms with Gasteiger partial charge in [0.1, 0.15) is 0 Å². The summed E-state index contributed by atoms with van der Waals surface area (Å²) >= 11 is 0. The van der Waals surface area contributed by atoms with Gasteiger partial charge >= 0.3 is 5.97 Å². The fourth-order valence-electron chi connectivity index (χ4n) is 4.22. The van der Waals surface area contributed by atoms with E-state index in [1.54, 1.807) is 0 Å². The summed E-state index contributed by atoms with van der Waals surface area (Å²) in [5.74, 6) is -0.446. The Labute approximate surface area is 189 Å². The second kappa shape index (κ2) is 9.65. The summed E-state index contributed by atoms with van der Waals surface area (Å²) in [6, 6.07) is 25.1. The van der Waals surface area contributed by atoms with Crippen LogP contribution >= 0.6 is 0 Å². The molecule has 1 heterocycles. The van der Waals surface area contributed by atoms with Crippen molar-refractivity contribution in [3.05, 3.63) is 113 Å². The number of carbonyl (C=O) groups excluding carboxylic acids is 2. The maximum atomic E-state index is 13.3. The molecule has 0 bridgehead atoms. The Bertz CT molecular complexity index is 1130. The van der Waals surface area contributed by atoms with Crippen molar-refractivity contribution in [3.63, 3.8) is 0 Å². The van der Waals surface area contributed by atoms with Crippen molar-refractivity contribution in [1.82, 2.24) is 4.90 Å². The molecule has 0 saturated carbocycles. The Morgan fingerprint density at radius 1 is 0.938 bits per heavy atom. The van der Waals surface area contributed by atoms with E-state index in [1.807, 2.05) is 89.8 Å². The fraction of sp³-hybridized carbons (Fsp3) is 0.214. The van der Waals surface area contributed by atoms with Gasteiger partial charge < -0.3 is 9.64 Å². The Balaban J connectivity index is 1.77. The van der Waals surface area contributed by atoms with Gasteiger partial charge in [-0.2, -0.15) is 0 Å². The van der Waals surface area contributed by atoms with Gasteiger partial charge in [0.25, 0.3) is 5.91 Å². The molecule has 0 saturated heterocycles. The van der Waals surface area contributed by atoms with Crippen molar-refractivity contribution in [3.8, 4) is 0 Å². The zero-order valence-corrected chi connectivity index (χ0v) is 18.5. The third kappa shape index (κ3) is 4.35. The van der Waals surface area contributed by atoms with E-state index in [0.717, 1.165) is 29.5 Å². The zero-order valence-electron chi connectivity index (χ0n) is 18.5. The number of fused-ring (bicyclic) bond motifs is 1. The maximum Gasteiger partial charge on any atom is 0.338 e. The van der Waals surface area contributed by atoms with Gasteiger partial charge in [-0.3, -0.25) is 4.79 Å². The van der Waals surface area contributed by atoms with Gasteiger partial charge in [-0.1, -0.05) is 86.1 Å². The van der Waals surface area contributed by atoms with Gasteiger partial charge in [0.15, 0.2) is 0 Å². The third-order valence-corrected chi connectivity index (χ3v) is 5.84. The summed E-state index contributed by atoms with van der Waals surface area (Å²) in [4.78, 5) is 27.9. The average Bonchev–Trinajstić information content (AvgIpc) is 3.09. The minimum Gasteiger partial charge on any atom is -0.465 e. The molecule has 1 amide bonds. The Hall–Kier alpha value is -3.66. The molecule has 1 aliphatic heterocycles. The summed E-state index contributed by atoms with van der Waals surface area (Å²) in [6.45, 7) is 2.60. The molecular formula is C28H27NO3. The second-order valence-electron chi connectivity index (χ2n) is 7.97. The molecule has 162 valence electrons. The standard InChI is InChI=1S/C28H27NO3/c1-3-9-20-14-16-22(17-15-20)25(28(31)32-2)18-26-23-12-7-8-13-24(23)27(30)29(26)19-21-10-5-4-6-11-21/h4-8,10-18,26H,3,9,19H2,1-2H3/b25-18+. The minimum atomic E-state index is -0.412. The summed E-state index contributed by atoms with van der Waals surface area (Å²) in [5.41, 5.74) is 5.09. The number of carbonyl (C=O) groups is 2. The van der Waals surface area contributed by atoms with Gasteiger partial charge in [0.05, 0.1) is 18.7 Å². The van der Waals surface area contributed by atoms with Gasteiger partial charge in [0, 0.05) is 12.1 Å². The number of esters is 1.